The van der Waals surface area contributed by atoms with Gasteiger partial charge in [-0.1, -0.05) is 12.1 Å². The number of hydrogen-bond donors (Lipinski definition) is 3. The van der Waals surface area contributed by atoms with Gasteiger partial charge in [0.15, 0.2) is 0 Å². The highest BCUT2D eigenvalue weighted by Gasteiger charge is 2.26. The number of furan rings is 1. The number of morpholine rings is 1. The zero-order valence-electron chi connectivity index (χ0n) is 18.9. The van der Waals surface area contributed by atoms with Crippen LogP contribution in [0.3, 0.4) is 0 Å². The molecule has 2 heterocycles. The Morgan fingerprint density at radius 2 is 1.69 bits per heavy atom. The van der Waals surface area contributed by atoms with Crippen molar-refractivity contribution in [1.82, 2.24) is 9.62 Å². The fourth-order valence-electron chi connectivity index (χ4n) is 3.54. The minimum atomic E-state index is -3.60. The second-order valence-electron chi connectivity index (χ2n) is 7.75. The first-order valence-corrected chi connectivity index (χ1v) is 12.5. The molecule has 4 rings (SSSR count). The molecule has 3 aromatic rings. The number of carbonyl (C=O) groups excluding carboxylic acids is 2. The quantitative estimate of drug-likeness (QED) is 0.413. The third kappa shape index (κ3) is 6.27. The van der Waals surface area contributed by atoms with E-state index < -0.39 is 10.0 Å². The number of benzene rings is 2. The number of para-hydroxylation sites is 1. The monoisotopic (exact) mass is 498 g/mol. The Kier molecular flexibility index (Phi) is 7.80. The summed E-state index contributed by atoms with van der Waals surface area (Å²) in [4.78, 5) is 25.2. The Hall–Kier alpha value is -3.67. The Labute approximate surface area is 203 Å². The van der Waals surface area contributed by atoms with Gasteiger partial charge in [0.1, 0.15) is 5.76 Å². The van der Waals surface area contributed by atoms with Gasteiger partial charge in [-0.3, -0.25) is 9.59 Å². The highest BCUT2D eigenvalue weighted by atomic mass is 32.2. The van der Waals surface area contributed by atoms with Crippen molar-refractivity contribution in [3.8, 4) is 0 Å². The van der Waals surface area contributed by atoms with Crippen molar-refractivity contribution in [3.63, 3.8) is 0 Å². The van der Waals surface area contributed by atoms with Crippen LogP contribution < -0.4 is 16.0 Å². The minimum absolute atomic E-state index is 0.0870. The first kappa shape index (κ1) is 24.5. The minimum Gasteiger partial charge on any atom is -0.467 e. The number of rotatable bonds is 9. The number of anilines is 2. The number of carbonyl (C=O) groups is 2. The van der Waals surface area contributed by atoms with Crippen LogP contribution in [0.2, 0.25) is 0 Å². The van der Waals surface area contributed by atoms with Crippen LogP contribution in [-0.2, 0) is 26.1 Å². The molecule has 2 amide bonds. The summed E-state index contributed by atoms with van der Waals surface area (Å²) in [7, 11) is -3.60. The SMILES string of the molecule is O=C(CNc1ccccc1C(=O)NCc1ccco1)Nc1ccc(S(=O)(=O)N2CCOCC2)cc1. The number of ether oxygens (including phenoxy) is 1. The maximum atomic E-state index is 12.7. The van der Waals surface area contributed by atoms with E-state index in [2.05, 4.69) is 16.0 Å². The zero-order valence-corrected chi connectivity index (χ0v) is 19.7. The van der Waals surface area contributed by atoms with E-state index in [1.165, 1.54) is 22.7 Å². The van der Waals surface area contributed by atoms with Gasteiger partial charge in [0.2, 0.25) is 15.9 Å². The van der Waals surface area contributed by atoms with Crippen LogP contribution in [0, 0.1) is 0 Å². The van der Waals surface area contributed by atoms with Crippen LogP contribution >= 0.6 is 0 Å². The van der Waals surface area contributed by atoms with Crippen molar-refractivity contribution >= 4 is 33.2 Å². The van der Waals surface area contributed by atoms with Gasteiger partial charge in [-0.15, -0.1) is 0 Å². The second-order valence-corrected chi connectivity index (χ2v) is 9.69. The summed E-state index contributed by atoms with van der Waals surface area (Å²) < 4.78 is 37.2. The van der Waals surface area contributed by atoms with Gasteiger partial charge < -0.3 is 25.1 Å². The first-order chi connectivity index (χ1) is 16.9. The van der Waals surface area contributed by atoms with E-state index in [-0.39, 0.29) is 29.8 Å². The molecule has 1 fully saturated rings. The van der Waals surface area contributed by atoms with Gasteiger partial charge in [-0.25, -0.2) is 8.42 Å². The predicted molar refractivity (Wildman–Crippen MR) is 129 cm³/mol. The normalized spacial score (nSPS) is 14.3. The topological polar surface area (TPSA) is 130 Å². The van der Waals surface area contributed by atoms with Gasteiger partial charge in [0, 0.05) is 24.5 Å². The Balaban J connectivity index is 1.32. The third-order valence-corrected chi connectivity index (χ3v) is 7.27. The Morgan fingerprint density at radius 1 is 0.943 bits per heavy atom. The lowest BCUT2D eigenvalue weighted by atomic mass is 10.1. The summed E-state index contributed by atoms with van der Waals surface area (Å²) in [5, 5.41) is 8.47. The fraction of sp³-hybridized carbons (Fsp3) is 0.250. The average Bonchev–Trinajstić information content (AvgIpc) is 3.41. The van der Waals surface area contributed by atoms with Crippen LogP contribution in [0.25, 0.3) is 0 Å². The van der Waals surface area contributed by atoms with E-state index in [4.69, 9.17) is 9.15 Å². The zero-order chi connectivity index (χ0) is 24.7. The molecule has 0 saturated carbocycles. The fourth-order valence-corrected chi connectivity index (χ4v) is 4.95. The lowest BCUT2D eigenvalue weighted by Gasteiger charge is -2.26. The van der Waals surface area contributed by atoms with Crippen LogP contribution in [-0.4, -0.2) is 57.4 Å². The van der Waals surface area contributed by atoms with E-state index in [0.29, 0.717) is 49.0 Å². The molecular formula is C24H26N4O6S. The Bertz CT molecular complexity index is 1250. The largest absolute Gasteiger partial charge is 0.467 e. The third-order valence-electron chi connectivity index (χ3n) is 5.36. The van der Waals surface area contributed by atoms with Crippen molar-refractivity contribution in [1.29, 1.82) is 0 Å². The van der Waals surface area contributed by atoms with E-state index in [1.807, 2.05) is 0 Å². The summed E-state index contributed by atoms with van der Waals surface area (Å²) in [5.41, 5.74) is 1.36. The number of nitrogens with one attached hydrogen (secondary N) is 3. The molecule has 2 aromatic carbocycles. The maximum Gasteiger partial charge on any atom is 0.253 e. The molecule has 35 heavy (non-hydrogen) atoms. The molecule has 11 heteroatoms. The Morgan fingerprint density at radius 3 is 2.40 bits per heavy atom. The molecule has 1 aromatic heterocycles. The summed E-state index contributed by atoms with van der Waals surface area (Å²) >= 11 is 0. The van der Waals surface area contributed by atoms with Gasteiger partial charge >= 0.3 is 0 Å². The van der Waals surface area contributed by atoms with Crippen LogP contribution in [0.5, 0.6) is 0 Å². The number of sulfonamides is 1. The summed E-state index contributed by atoms with van der Waals surface area (Å²) in [5.74, 6) is -0.0199. The van der Waals surface area contributed by atoms with Crippen molar-refractivity contribution in [2.24, 2.45) is 0 Å². The average molecular weight is 499 g/mol. The van der Waals surface area contributed by atoms with Gasteiger partial charge in [-0.2, -0.15) is 4.31 Å². The van der Waals surface area contributed by atoms with E-state index >= 15 is 0 Å². The van der Waals surface area contributed by atoms with Crippen molar-refractivity contribution in [3.05, 3.63) is 78.3 Å². The van der Waals surface area contributed by atoms with Gasteiger partial charge in [0.25, 0.3) is 5.91 Å². The molecule has 0 atom stereocenters. The molecule has 184 valence electrons. The molecule has 1 aliphatic heterocycles. The lowest BCUT2D eigenvalue weighted by Crippen LogP contribution is -2.40. The summed E-state index contributed by atoms with van der Waals surface area (Å²) in [6.45, 7) is 1.53. The van der Waals surface area contributed by atoms with Gasteiger partial charge in [-0.05, 0) is 48.5 Å². The number of amides is 2. The molecule has 0 spiro atoms. The molecular weight excluding hydrogens is 472 g/mol. The van der Waals surface area contributed by atoms with Crippen molar-refractivity contribution < 1.29 is 27.2 Å². The highest BCUT2D eigenvalue weighted by Crippen LogP contribution is 2.20. The van der Waals surface area contributed by atoms with Gasteiger partial charge in [0.05, 0.1) is 43.0 Å². The lowest BCUT2D eigenvalue weighted by molar-refractivity contribution is -0.114. The van der Waals surface area contributed by atoms with Crippen LogP contribution in [0.4, 0.5) is 11.4 Å². The highest BCUT2D eigenvalue weighted by molar-refractivity contribution is 7.89. The molecule has 3 N–H and O–H groups in total. The predicted octanol–water partition coefficient (Wildman–Crippen LogP) is 2.28. The molecule has 0 unspecified atom stereocenters. The maximum absolute atomic E-state index is 12.7. The van der Waals surface area contributed by atoms with Crippen LogP contribution in [0.15, 0.2) is 76.2 Å². The molecule has 1 saturated heterocycles. The standard InChI is InChI=1S/C24H26N4O6S/c29-23(27-18-7-9-20(10-8-18)35(31,32)28-11-14-33-15-12-28)17-25-22-6-2-1-5-21(22)24(30)26-16-19-4-3-13-34-19/h1-10,13,25H,11-12,14-17H2,(H,26,30)(H,27,29). The smallest absolute Gasteiger partial charge is 0.253 e. The summed E-state index contributed by atoms with van der Waals surface area (Å²) in [6, 6.07) is 16.4. The van der Waals surface area contributed by atoms with Crippen LogP contribution in [0.1, 0.15) is 16.1 Å². The molecule has 0 bridgehead atoms. The van der Waals surface area contributed by atoms with E-state index in [9.17, 15) is 18.0 Å². The molecule has 10 nitrogen and oxygen atoms in total. The number of hydrogen-bond acceptors (Lipinski definition) is 7. The first-order valence-electron chi connectivity index (χ1n) is 11.0. The summed E-state index contributed by atoms with van der Waals surface area (Å²) in [6.07, 6.45) is 1.53. The van der Waals surface area contributed by atoms with Crippen molar-refractivity contribution in [2.45, 2.75) is 11.4 Å². The number of nitrogens with zero attached hydrogens (tertiary/aromatic N) is 1. The molecule has 1 aliphatic rings. The molecule has 0 aliphatic carbocycles. The van der Waals surface area contributed by atoms with Crippen molar-refractivity contribution in [2.75, 3.05) is 43.5 Å². The second kappa shape index (κ2) is 11.2. The van der Waals surface area contributed by atoms with E-state index in [0.717, 1.165) is 0 Å². The van der Waals surface area contributed by atoms with E-state index in [1.54, 1.807) is 48.5 Å². The molecule has 0 radical (unpaired) electrons.